The molecule has 9 heteroatoms. The highest BCUT2D eigenvalue weighted by Crippen LogP contribution is 2.28. The van der Waals surface area contributed by atoms with Gasteiger partial charge in [-0.25, -0.2) is 18.1 Å². The summed E-state index contributed by atoms with van der Waals surface area (Å²) in [6.45, 7) is 0.851. The van der Waals surface area contributed by atoms with Crippen LogP contribution in [-0.4, -0.2) is 23.9 Å². The highest BCUT2D eigenvalue weighted by atomic mass is 32.2. The van der Waals surface area contributed by atoms with Crippen LogP contribution in [0.25, 0.3) is 11.4 Å². The van der Waals surface area contributed by atoms with Gasteiger partial charge < -0.3 is 14.3 Å². The minimum atomic E-state index is -3.79. The van der Waals surface area contributed by atoms with Gasteiger partial charge in [0.15, 0.2) is 0 Å². The third-order valence-electron chi connectivity index (χ3n) is 6.03. The monoisotopic (exact) mass is 490 g/mol. The van der Waals surface area contributed by atoms with Gasteiger partial charge in [0.1, 0.15) is 17.3 Å². The normalized spacial score (nSPS) is 13.7. The summed E-state index contributed by atoms with van der Waals surface area (Å²) in [4.78, 5) is 18.1. The maximum atomic E-state index is 13.3. The van der Waals surface area contributed by atoms with E-state index in [0.29, 0.717) is 17.1 Å². The van der Waals surface area contributed by atoms with Gasteiger partial charge in [-0.2, -0.15) is 0 Å². The van der Waals surface area contributed by atoms with Crippen molar-refractivity contribution < 1.29 is 17.6 Å². The second kappa shape index (κ2) is 9.89. The predicted octanol–water partition coefficient (Wildman–Crippen LogP) is 4.60. The molecule has 0 aliphatic carbocycles. The van der Waals surface area contributed by atoms with Gasteiger partial charge in [0, 0.05) is 17.8 Å². The molecule has 0 radical (unpaired) electrons. The number of anilines is 1. The predicted molar refractivity (Wildman–Crippen MR) is 132 cm³/mol. The summed E-state index contributed by atoms with van der Waals surface area (Å²) in [5, 5.41) is 2.85. The molecule has 8 nitrogen and oxygen atoms in total. The Balaban J connectivity index is 1.40. The molecule has 0 fully saturated rings. The van der Waals surface area contributed by atoms with Crippen LogP contribution in [0.2, 0.25) is 0 Å². The van der Waals surface area contributed by atoms with E-state index in [2.05, 4.69) is 14.6 Å². The van der Waals surface area contributed by atoms with Gasteiger partial charge in [-0.3, -0.25) is 4.79 Å². The van der Waals surface area contributed by atoms with E-state index in [1.165, 1.54) is 18.4 Å². The number of nitrogens with one attached hydrogen (secondary N) is 2. The van der Waals surface area contributed by atoms with E-state index < -0.39 is 10.0 Å². The standard InChI is InChI=1S/C26H26N4O4S/c31-26(24-23-14-5-2-6-15-30(23)25(29-24)19-9-3-1-4-10-19)28-20-11-7-13-22(17-20)35(32,33)27-18-21-12-8-16-34-21/h1,3-4,7-13,16-17,27H,2,5-6,14-15,18H2,(H,28,31). The first-order valence-corrected chi connectivity index (χ1v) is 13.1. The number of amides is 1. The molecular weight excluding hydrogens is 464 g/mol. The van der Waals surface area contributed by atoms with Crippen molar-refractivity contribution in [2.45, 2.75) is 43.7 Å². The number of nitrogens with zero attached hydrogens (tertiary/aromatic N) is 2. The summed E-state index contributed by atoms with van der Waals surface area (Å²) in [6, 6.07) is 19.4. The molecular formula is C26H26N4O4S. The zero-order valence-electron chi connectivity index (χ0n) is 19.1. The molecule has 2 N–H and O–H groups in total. The molecule has 0 bridgehead atoms. The molecule has 0 saturated heterocycles. The maximum absolute atomic E-state index is 13.3. The lowest BCUT2D eigenvalue weighted by molar-refractivity contribution is 0.102. The quantitative estimate of drug-likeness (QED) is 0.394. The van der Waals surface area contributed by atoms with Crippen LogP contribution in [0.3, 0.4) is 0 Å². The summed E-state index contributed by atoms with van der Waals surface area (Å²) in [5.74, 6) is 0.940. The molecule has 0 spiro atoms. The molecule has 0 saturated carbocycles. The van der Waals surface area contributed by atoms with Crippen molar-refractivity contribution in [2.75, 3.05) is 5.32 Å². The Labute approximate surface area is 204 Å². The summed E-state index contributed by atoms with van der Waals surface area (Å²) in [7, 11) is -3.79. The Morgan fingerprint density at radius 2 is 1.86 bits per heavy atom. The van der Waals surface area contributed by atoms with E-state index in [-0.39, 0.29) is 17.3 Å². The third-order valence-corrected chi connectivity index (χ3v) is 7.43. The van der Waals surface area contributed by atoms with Crippen molar-refractivity contribution in [1.29, 1.82) is 0 Å². The molecule has 3 heterocycles. The van der Waals surface area contributed by atoms with Crippen molar-refractivity contribution in [3.63, 3.8) is 0 Å². The first-order chi connectivity index (χ1) is 17.0. The zero-order valence-corrected chi connectivity index (χ0v) is 19.9. The van der Waals surface area contributed by atoms with Crippen molar-refractivity contribution in [2.24, 2.45) is 0 Å². The number of aromatic nitrogens is 2. The SMILES string of the molecule is O=C(Nc1cccc(S(=O)(=O)NCc2ccco2)c1)c1nc(-c2ccccc2)n2c1CCCCC2. The Kier molecular flexibility index (Phi) is 6.52. The van der Waals surface area contributed by atoms with Crippen LogP contribution in [-0.2, 0) is 29.5 Å². The Hall–Kier alpha value is -3.69. The lowest BCUT2D eigenvalue weighted by atomic mass is 10.1. The van der Waals surface area contributed by atoms with Gasteiger partial charge in [-0.05, 0) is 49.6 Å². The molecule has 2 aromatic carbocycles. The molecule has 1 aliphatic rings. The fraction of sp³-hybridized carbons (Fsp3) is 0.231. The minimum Gasteiger partial charge on any atom is -0.468 e. The smallest absolute Gasteiger partial charge is 0.276 e. The average molecular weight is 491 g/mol. The number of carbonyl (C=O) groups excluding carboxylic acids is 1. The molecule has 1 aliphatic heterocycles. The number of hydrogen-bond acceptors (Lipinski definition) is 5. The zero-order chi connectivity index (χ0) is 24.3. The molecule has 5 rings (SSSR count). The Bertz CT molecular complexity index is 1430. The van der Waals surface area contributed by atoms with Crippen molar-refractivity contribution >= 4 is 21.6 Å². The number of carbonyl (C=O) groups is 1. The Morgan fingerprint density at radius 1 is 1.00 bits per heavy atom. The fourth-order valence-corrected chi connectivity index (χ4v) is 5.34. The van der Waals surface area contributed by atoms with Crippen LogP contribution in [0, 0.1) is 0 Å². The van der Waals surface area contributed by atoms with Crippen LogP contribution in [0.5, 0.6) is 0 Å². The van der Waals surface area contributed by atoms with E-state index in [4.69, 9.17) is 9.40 Å². The van der Waals surface area contributed by atoms with E-state index in [1.807, 2.05) is 30.3 Å². The van der Waals surface area contributed by atoms with E-state index >= 15 is 0 Å². The minimum absolute atomic E-state index is 0.0367. The van der Waals surface area contributed by atoms with Crippen molar-refractivity contribution in [1.82, 2.24) is 14.3 Å². The van der Waals surface area contributed by atoms with Crippen LogP contribution in [0.1, 0.15) is 41.2 Å². The summed E-state index contributed by atoms with van der Waals surface area (Å²) in [5.41, 5.74) is 2.65. The molecule has 1 amide bonds. The maximum Gasteiger partial charge on any atom is 0.276 e. The van der Waals surface area contributed by atoms with E-state index in [9.17, 15) is 13.2 Å². The lowest BCUT2D eigenvalue weighted by Crippen LogP contribution is -2.23. The number of benzene rings is 2. The van der Waals surface area contributed by atoms with Crippen molar-refractivity contribution in [3.8, 4) is 11.4 Å². The van der Waals surface area contributed by atoms with E-state index in [1.54, 1.807) is 24.3 Å². The van der Waals surface area contributed by atoms with Crippen LogP contribution >= 0.6 is 0 Å². The van der Waals surface area contributed by atoms with Crippen molar-refractivity contribution in [3.05, 3.63) is 90.1 Å². The molecule has 0 atom stereocenters. The van der Waals surface area contributed by atoms with Gasteiger partial charge in [-0.1, -0.05) is 42.8 Å². The first kappa shape index (κ1) is 23.1. The molecule has 2 aromatic heterocycles. The number of sulfonamides is 1. The number of furan rings is 1. The highest BCUT2D eigenvalue weighted by Gasteiger charge is 2.25. The summed E-state index contributed by atoms with van der Waals surface area (Å²) in [6.07, 6.45) is 5.39. The Morgan fingerprint density at radius 3 is 2.66 bits per heavy atom. The molecule has 180 valence electrons. The fourth-order valence-electron chi connectivity index (χ4n) is 4.30. The van der Waals surface area contributed by atoms with Crippen LogP contribution in [0.4, 0.5) is 5.69 Å². The average Bonchev–Trinajstić information content (AvgIpc) is 3.45. The van der Waals surface area contributed by atoms with Gasteiger partial charge in [0.25, 0.3) is 5.91 Å². The lowest BCUT2D eigenvalue weighted by Gasteiger charge is -2.10. The number of hydrogen-bond donors (Lipinski definition) is 2. The van der Waals surface area contributed by atoms with Gasteiger partial charge >= 0.3 is 0 Å². The second-order valence-electron chi connectivity index (χ2n) is 8.44. The number of imidazole rings is 1. The topological polar surface area (TPSA) is 106 Å². The largest absolute Gasteiger partial charge is 0.468 e. The highest BCUT2D eigenvalue weighted by molar-refractivity contribution is 7.89. The van der Waals surface area contributed by atoms with Gasteiger partial charge in [-0.15, -0.1) is 0 Å². The summed E-state index contributed by atoms with van der Waals surface area (Å²) >= 11 is 0. The molecule has 35 heavy (non-hydrogen) atoms. The summed E-state index contributed by atoms with van der Waals surface area (Å²) < 4.78 is 35.3. The third kappa shape index (κ3) is 5.06. The van der Waals surface area contributed by atoms with Crippen LogP contribution < -0.4 is 10.0 Å². The van der Waals surface area contributed by atoms with Gasteiger partial charge in [0.2, 0.25) is 10.0 Å². The molecule has 0 unspecified atom stereocenters. The van der Waals surface area contributed by atoms with Crippen LogP contribution in [0.15, 0.2) is 82.3 Å². The number of fused-ring (bicyclic) bond motifs is 1. The van der Waals surface area contributed by atoms with E-state index in [0.717, 1.165) is 49.3 Å². The second-order valence-corrected chi connectivity index (χ2v) is 10.2. The number of rotatable bonds is 7. The van der Waals surface area contributed by atoms with Gasteiger partial charge in [0.05, 0.1) is 23.4 Å². The molecule has 4 aromatic rings. The first-order valence-electron chi connectivity index (χ1n) is 11.6.